The van der Waals surface area contributed by atoms with Crippen LogP contribution in [0, 0.1) is 0 Å². The fraction of sp³-hybridized carbons (Fsp3) is 0.957. The van der Waals surface area contributed by atoms with E-state index >= 15 is 0 Å². The fourth-order valence-electron chi connectivity index (χ4n) is 2.99. The second kappa shape index (κ2) is 14.4. The maximum atomic E-state index is 11.7. The third-order valence-corrected chi connectivity index (χ3v) is 5.34. The lowest BCUT2D eigenvalue weighted by molar-refractivity contribution is -0.180. The van der Waals surface area contributed by atoms with E-state index < -0.39 is 17.7 Å². The van der Waals surface area contributed by atoms with Gasteiger partial charge in [-0.2, -0.15) is 0 Å². The molecule has 27 heavy (non-hydrogen) atoms. The highest BCUT2D eigenvalue weighted by Crippen LogP contribution is 2.24. The second-order valence-electron chi connectivity index (χ2n) is 8.88. The Kier molecular flexibility index (Phi) is 14.1. The van der Waals surface area contributed by atoms with Crippen LogP contribution < -0.4 is 0 Å². The van der Waals surface area contributed by atoms with Crippen LogP contribution in [0.15, 0.2) is 0 Å². The lowest BCUT2D eigenvalue weighted by Gasteiger charge is -2.34. The Morgan fingerprint density at radius 3 is 1.81 bits per heavy atom. The van der Waals surface area contributed by atoms with E-state index in [1.165, 1.54) is 71.1 Å². The van der Waals surface area contributed by atoms with E-state index in [0.29, 0.717) is 13.0 Å². The summed E-state index contributed by atoms with van der Waals surface area (Å²) in [6.45, 7) is 12.1. The molecule has 0 spiro atoms. The highest BCUT2D eigenvalue weighted by atomic mass is 16.6. The molecule has 0 aliphatic carbocycles. The van der Waals surface area contributed by atoms with Gasteiger partial charge in [0.1, 0.15) is 11.7 Å². The van der Waals surface area contributed by atoms with Gasteiger partial charge in [-0.15, -0.1) is 0 Å². The van der Waals surface area contributed by atoms with Gasteiger partial charge >= 0.3 is 5.97 Å². The Labute approximate surface area is 168 Å². The molecule has 0 bridgehead atoms. The number of aliphatic hydroxyl groups is 1. The van der Waals surface area contributed by atoms with Crippen molar-refractivity contribution in [1.82, 2.24) is 0 Å². The summed E-state index contributed by atoms with van der Waals surface area (Å²) in [5.41, 5.74) is -0.920. The first-order valence-electron chi connectivity index (χ1n) is 11.2. The van der Waals surface area contributed by atoms with Crippen molar-refractivity contribution in [1.29, 1.82) is 0 Å². The molecule has 0 radical (unpaired) electrons. The Hall–Kier alpha value is -0.610. The molecule has 0 aromatic rings. The average Bonchev–Trinajstić information content (AvgIpc) is 2.61. The number of hydrogen-bond acceptors (Lipinski definition) is 4. The van der Waals surface area contributed by atoms with Gasteiger partial charge < -0.3 is 14.6 Å². The zero-order valence-corrected chi connectivity index (χ0v) is 18.9. The molecule has 4 nitrogen and oxygen atoms in total. The molecular weight excluding hydrogens is 340 g/mol. The molecule has 0 aromatic heterocycles. The molecule has 0 heterocycles. The van der Waals surface area contributed by atoms with Crippen LogP contribution in [0.2, 0.25) is 0 Å². The van der Waals surface area contributed by atoms with Crippen molar-refractivity contribution >= 4 is 5.97 Å². The van der Waals surface area contributed by atoms with Gasteiger partial charge in [0.15, 0.2) is 0 Å². The minimum Gasteiger partial charge on any atom is -0.455 e. The summed E-state index contributed by atoms with van der Waals surface area (Å²) in [6, 6.07) is 0. The number of rotatable bonds is 17. The van der Waals surface area contributed by atoms with Crippen molar-refractivity contribution in [3.63, 3.8) is 0 Å². The molecule has 0 aliphatic rings. The zero-order chi connectivity index (χ0) is 20.8. The van der Waals surface area contributed by atoms with Crippen LogP contribution in [0.4, 0.5) is 0 Å². The normalized spacial score (nSPS) is 15.4. The summed E-state index contributed by atoms with van der Waals surface area (Å²) in [6.07, 6.45) is 13.9. The molecule has 0 amide bonds. The molecule has 1 unspecified atom stereocenters. The monoisotopic (exact) mass is 386 g/mol. The minimum atomic E-state index is -1.10. The topological polar surface area (TPSA) is 55.8 Å². The predicted octanol–water partition coefficient (Wildman–Crippen LogP) is 6.19. The Balaban J connectivity index is 3.93. The van der Waals surface area contributed by atoms with Crippen LogP contribution in [0.3, 0.4) is 0 Å². The minimum absolute atomic E-state index is 0.228. The largest absolute Gasteiger partial charge is 0.455 e. The van der Waals surface area contributed by atoms with Crippen LogP contribution in [-0.2, 0) is 14.3 Å². The van der Waals surface area contributed by atoms with Crippen molar-refractivity contribution in [3.8, 4) is 0 Å². The fourth-order valence-corrected chi connectivity index (χ4v) is 2.99. The van der Waals surface area contributed by atoms with E-state index in [0.717, 1.165) is 6.42 Å². The van der Waals surface area contributed by atoms with E-state index in [9.17, 15) is 9.90 Å². The lowest BCUT2D eigenvalue weighted by atomic mass is 9.98. The van der Waals surface area contributed by atoms with E-state index in [4.69, 9.17) is 9.47 Å². The molecule has 162 valence electrons. The number of carbonyl (C=O) groups excluding carboxylic acids is 1. The molecule has 2 atom stereocenters. The van der Waals surface area contributed by atoms with Crippen molar-refractivity contribution in [2.45, 2.75) is 136 Å². The van der Waals surface area contributed by atoms with E-state index in [-0.39, 0.29) is 5.60 Å². The van der Waals surface area contributed by atoms with E-state index in [1.807, 2.05) is 13.8 Å². The molecule has 0 saturated heterocycles. The molecule has 0 rings (SSSR count). The van der Waals surface area contributed by atoms with Gasteiger partial charge in [0.05, 0.1) is 12.2 Å². The molecule has 0 aromatic carbocycles. The van der Waals surface area contributed by atoms with Crippen molar-refractivity contribution in [2.75, 3.05) is 6.61 Å². The van der Waals surface area contributed by atoms with Gasteiger partial charge in [-0.25, -0.2) is 4.79 Å². The SMILES string of the molecule is CCCCCCCCCCCCC(C)(C)OCC(C)(CC)OC(=O)[C@H](C)O. The average molecular weight is 387 g/mol. The third-order valence-electron chi connectivity index (χ3n) is 5.34. The van der Waals surface area contributed by atoms with Crippen LogP contribution in [-0.4, -0.2) is 35.0 Å². The third kappa shape index (κ3) is 14.1. The molecule has 4 heteroatoms. The maximum absolute atomic E-state index is 11.7. The second-order valence-corrected chi connectivity index (χ2v) is 8.88. The number of unbranched alkanes of at least 4 members (excludes halogenated alkanes) is 9. The van der Waals surface area contributed by atoms with E-state index in [1.54, 1.807) is 0 Å². The summed E-state index contributed by atoms with van der Waals surface area (Å²) in [5, 5.41) is 9.35. The first-order chi connectivity index (χ1) is 12.7. The zero-order valence-electron chi connectivity index (χ0n) is 18.9. The molecular formula is C23H46O4. The number of ether oxygens (including phenoxy) is 2. The maximum Gasteiger partial charge on any atom is 0.335 e. The number of hydrogen-bond donors (Lipinski definition) is 1. The Morgan fingerprint density at radius 1 is 0.889 bits per heavy atom. The Morgan fingerprint density at radius 2 is 1.37 bits per heavy atom. The van der Waals surface area contributed by atoms with Gasteiger partial charge in [-0.05, 0) is 40.5 Å². The lowest BCUT2D eigenvalue weighted by Crippen LogP contribution is -2.42. The van der Waals surface area contributed by atoms with Crippen LogP contribution in [0.25, 0.3) is 0 Å². The van der Waals surface area contributed by atoms with Gasteiger partial charge in [-0.3, -0.25) is 0 Å². The van der Waals surface area contributed by atoms with Crippen molar-refractivity contribution < 1.29 is 19.4 Å². The summed E-state index contributed by atoms with van der Waals surface area (Å²) >= 11 is 0. The summed E-state index contributed by atoms with van der Waals surface area (Å²) in [4.78, 5) is 11.7. The molecule has 0 saturated carbocycles. The van der Waals surface area contributed by atoms with Crippen LogP contribution in [0.5, 0.6) is 0 Å². The first kappa shape index (κ1) is 26.4. The van der Waals surface area contributed by atoms with Gasteiger partial charge in [0.2, 0.25) is 0 Å². The van der Waals surface area contributed by atoms with E-state index in [2.05, 4.69) is 20.8 Å². The number of aliphatic hydroxyl groups excluding tert-OH is 1. The summed E-state index contributed by atoms with van der Waals surface area (Å²) < 4.78 is 11.5. The quantitative estimate of drug-likeness (QED) is 0.239. The van der Waals surface area contributed by atoms with Crippen molar-refractivity contribution in [3.05, 3.63) is 0 Å². The Bertz CT molecular complexity index is 379. The van der Waals surface area contributed by atoms with Crippen molar-refractivity contribution in [2.24, 2.45) is 0 Å². The number of carbonyl (C=O) groups is 1. The smallest absolute Gasteiger partial charge is 0.335 e. The van der Waals surface area contributed by atoms with Gasteiger partial charge in [0, 0.05) is 0 Å². The highest BCUT2D eigenvalue weighted by Gasteiger charge is 2.31. The number of esters is 1. The summed E-state index contributed by atoms with van der Waals surface area (Å²) in [7, 11) is 0. The molecule has 1 N–H and O–H groups in total. The molecule has 0 aliphatic heterocycles. The predicted molar refractivity (Wildman–Crippen MR) is 113 cm³/mol. The van der Waals surface area contributed by atoms with Gasteiger partial charge in [-0.1, -0.05) is 78.1 Å². The summed E-state index contributed by atoms with van der Waals surface area (Å²) in [5.74, 6) is -0.588. The van der Waals surface area contributed by atoms with Crippen LogP contribution >= 0.6 is 0 Å². The van der Waals surface area contributed by atoms with Gasteiger partial charge in [0.25, 0.3) is 0 Å². The van der Waals surface area contributed by atoms with Crippen LogP contribution in [0.1, 0.15) is 119 Å². The first-order valence-corrected chi connectivity index (χ1v) is 11.2. The highest BCUT2D eigenvalue weighted by molar-refractivity contribution is 5.74. The standard InChI is InChI=1S/C23H46O4/c1-7-9-10-11-12-13-14-15-16-17-18-22(4,5)26-19-23(6,8-2)27-21(25)20(3)24/h20,24H,7-19H2,1-6H3/t20-,23?/m0/s1. The molecule has 0 fully saturated rings.